The molecular weight excluding hydrogens is 164 g/mol. The van der Waals surface area contributed by atoms with Gasteiger partial charge in [-0.05, 0) is 12.5 Å². The van der Waals surface area contributed by atoms with E-state index in [0.29, 0.717) is 0 Å². The van der Waals surface area contributed by atoms with Gasteiger partial charge in [-0.15, -0.1) is 0 Å². The van der Waals surface area contributed by atoms with Crippen molar-refractivity contribution >= 4 is 6.21 Å². The topological polar surface area (TPSA) is 33.4 Å². The molecule has 1 aromatic rings. The van der Waals surface area contributed by atoms with E-state index in [2.05, 4.69) is 10.2 Å². The van der Waals surface area contributed by atoms with Gasteiger partial charge in [-0.2, -0.15) is 10.2 Å². The number of hydrogen-bond acceptors (Lipinski definition) is 3. The van der Waals surface area contributed by atoms with Crippen molar-refractivity contribution < 1.29 is 0 Å². The molecular formula is C9H16N4. The zero-order chi connectivity index (χ0) is 9.68. The predicted molar refractivity (Wildman–Crippen MR) is 53.8 cm³/mol. The van der Waals surface area contributed by atoms with E-state index in [9.17, 15) is 0 Å². The minimum absolute atomic E-state index is 0.894. The third-order valence-electron chi connectivity index (χ3n) is 1.56. The van der Waals surface area contributed by atoms with Gasteiger partial charge in [0.25, 0.3) is 0 Å². The van der Waals surface area contributed by atoms with Gasteiger partial charge in [-0.1, -0.05) is 0 Å². The lowest BCUT2D eigenvalue weighted by Crippen LogP contribution is -2.03. The molecule has 0 aliphatic rings. The highest BCUT2D eigenvalue weighted by molar-refractivity contribution is 5.56. The van der Waals surface area contributed by atoms with Crippen molar-refractivity contribution in [2.75, 3.05) is 14.1 Å². The van der Waals surface area contributed by atoms with Crippen LogP contribution in [0.2, 0.25) is 0 Å². The van der Waals surface area contributed by atoms with Crippen LogP contribution in [-0.2, 0) is 6.54 Å². The summed E-state index contributed by atoms with van der Waals surface area (Å²) in [5, 5.41) is 10.1. The molecule has 0 aliphatic heterocycles. The molecule has 0 aliphatic carbocycles. The van der Waals surface area contributed by atoms with Crippen LogP contribution < -0.4 is 0 Å². The summed E-state index contributed by atoms with van der Waals surface area (Å²) in [6.45, 7) is 2.93. The molecule has 13 heavy (non-hydrogen) atoms. The van der Waals surface area contributed by atoms with Crippen LogP contribution in [0.5, 0.6) is 0 Å². The van der Waals surface area contributed by atoms with E-state index >= 15 is 0 Å². The maximum atomic E-state index is 4.17. The molecule has 0 N–H and O–H groups in total. The standard InChI is InChI=1S/C9H16N4/c1-9-7-11-13(8-9)6-4-5-10-12(2)3/h5,7-8H,4,6H2,1-3H3/b10-5-. The first-order valence-corrected chi connectivity index (χ1v) is 4.37. The van der Waals surface area contributed by atoms with Crippen molar-refractivity contribution in [2.24, 2.45) is 5.10 Å². The summed E-state index contributed by atoms with van der Waals surface area (Å²) >= 11 is 0. The van der Waals surface area contributed by atoms with Gasteiger partial charge in [-0.3, -0.25) is 4.68 Å². The van der Waals surface area contributed by atoms with Gasteiger partial charge < -0.3 is 5.01 Å². The Bertz CT molecular complexity index is 275. The maximum absolute atomic E-state index is 4.17. The smallest absolute Gasteiger partial charge is 0.0518 e. The Hall–Kier alpha value is -1.32. The van der Waals surface area contributed by atoms with Gasteiger partial charge in [0.05, 0.1) is 6.20 Å². The molecule has 72 valence electrons. The minimum Gasteiger partial charge on any atom is -0.303 e. The van der Waals surface area contributed by atoms with Crippen molar-refractivity contribution in [3.8, 4) is 0 Å². The van der Waals surface area contributed by atoms with Crippen molar-refractivity contribution in [1.82, 2.24) is 14.8 Å². The average Bonchev–Trinajstić information content (AvgIpc) is 2.45. The highest BCUT2D eigenvalue weighted by Gasteiger charge is 1.91. The second-order valence-electron chi connectivity index (χ2n) is 3.21. The first-order valence-electron chi connectivity index (χ1n) is 4.37. The zero-order valence-corrected chi connectivity index (χ0v) is 8.44. The molecule has 4 nitrogen and oxygen atoms in total. The Kier molecular flexibility index (Phi) is 3.49. The molecule has 0 saturated heterocycles. The summed E-state index contributed by atoms with van der Waals surface area (Å²) in [4.78, 5) is 0. The van der Waals surface area contributed by atoms with Crippen molar-refractivity contribution in [1.29, 1.82) is 0 Å². The summed E-state index contributed by atoms with van der Waals surface area (Å²) in [6.07, 6.45) is 6.71. The van der Waals surface area contributed by atoms with Gasteiger partial charge in [0.2, 0.25) is 0 Å². The molecule has 1 aromatic heterocycles. The Morgan fingerprint density at radius 2 is 2.38 bits per heavy atom. The molecule has 0 atom stereocenters. The van der Waals surface area contributed by atoms with Crippen LogP contribution in [0.4, 0.5) is 0 Å². The molecule has 0 radical (unpaired) electrons. The number of hydrogen-bond donors (Lipinski definition) is 0. The molecule has 1 rings (SSSR count). The number of aromatic nitrogens is 2. The summed E-state index contributed by atoms with van der Waals surface area (Å²) in [5.41, 5.74) is 1.20. The average molecular weight is 180 g/mol. The first kappa shape index (κ1) is 9.77. The normalized spacial score (nSPS) is 11.0. The van der Waals surface area contributed by atoms with Crippen LogP contribution in [0.15, 0.2) is 17.5 Å². The predicted octanol–water partition coefficient (Wildman–Crippen LogP) is 1.13. The summed E-state index contributed by atoms with van der Waals surface area (Å²) in [5.74, 6) is 0. The quantitative estimate of drug-likeness (QED) is 0.514. The second-order valence-corrected chi connectivity index (χ2v) is 3.21. The highest BCUT2D eigenvalue weighted by Crippen LogP contribution is 1.94. The SMILES string of the molecule is Cc1cnn(CC/C=N\N(C)C)c1. The van der Waals surface area contributed by atoms with Gasteiger partial charge >= 0.3 is 0 Å². The van der Waals surface area contributed by atoms with Crippen LogP contribution in [0.25, 0.3) is 0 Å². The van der Waals surface area contributed by atoms with Gasteiger partial charge in [0.1, 0.15) is 0 Å². The van der Waals surface area contributed by atoms with E-state index in [4.69, 9.17) is 0 Å². The van der Waals surface area contributed by atoms with Gasteiger partial charge in [0.15, 0.2) is 0 Å². The lowest BCUT2D eigenvalue weighted by molar-refractivity contribution is 0.438. The molecule has 0 aromatic carbocycles. The van der Waals surface area contributed by atoms with Crippen LogP contribution >= 0.6 is 0 Å². The fourth-order valence-electron chi connectivity index (χ4n) is 1.00. The lowest BCUT2D eigenvalue weighted by atomic mass is 10.4. The zero-order valence-electron chi connectivity index (χ0n) is 8.44. The third-order valence-corrected chi connectivity index (χ3v) is 1.56. The molecule has 0 spiro atoms. The van der Waals surface area contributed by atoms with Crippen molar-refractivity contribution in [2.45, 2.75) is 19.9 Å². The fraction of sp³-hybridized carbons (Fsp3) is 0.556. The Morgan fingerprint density at radius 3 is 2.92 bits per heavy atom. The van der Waals surface area contributed by atoms with Crippen molar-refractivity contribution in [3.05, 3.63) is 18.0 Å². The van der Waals surface area contributed by atoms with Crippen LogP contribution in [0.1, 0.15) is 12.0 Å². The number of nitrogens with zero attached hydrogens (tertiary/aromatic N) is 4. The van der Waals surface area contributed by atoms with Crippen LogP contribution in [0.3, 0.4) is 0 Å². The lowest BCUT2D eigenvalue weighted by Gasteiger charge is -2.02. The highest BCUT2D eigenvalue weighted by atomic mass is 15.4. The Balaban J connectivity index is 2.27. The number of aryl methyl sites for hydroxylation is 2. The van der Waals surface area contributed by atoms with Crippen LogP contribution in [-0.4, -0.2) is 35.1 Å². The van der Waals surface area contributed by atoms with Crippen LogP contribution in [0, 0.1) is 6.92 Å². The molecule has 0 fully saturated rings. The Morgan fingerprint density at radius 1 is 1.62 bits per heavy atom. The molecule has 4 heteroatoms. The van der Waals surface area contributed by atoms with E-state index in [1.807, 2.05) is 44.3 Å². The second kappa shape index (κ2) is 4.64. The van der Waals surface area contributed by atoms with E-state index in [-0.39, 0.29) is 0 Å². The van der Waals surface area contributed by atoms with E-state index in [1.54, 1.807) is 5.01 Å². The summed E-state index contributed by atoms with van der Waals surface area (Å²) in [7, 11) is 3.82. The first-order chi connectivity index (χ1) is 6.18. The van der Waals surface area contributed by atoms with Gasteiger partial charge in [0, 0.05) is 39.5 Å². The largest absolute Gasteiger partial charge is 0.303 e. The molecule has 1 heterocycles. The molecule has 0 amide bonds. The number of hydrazone groups is 1. The summed E-state index contributed by atoms with van der Waals surface area (Å²) in [6, 6.07) is 0. The Labute approximate surface area is 78.9 Å². The maximum Gasteiger partial charge on any atom is 0.0518 e. The van der Waals surface area contributed by atoms with E-state index in [0.717, 1.165) is 13.0 Å². The summed E-state index contributed by atoms with van der Waals surface area (Å²) < 4.78 is 1.93. The molecule has 0 saturated carbocycles. The molecule has 0 unspecified atom stereocenters. The van der Waals surface area contributed by atoms with E-state index < -0.39 is 0 Å². The monoisotopic (exact) mass is 180 g/mol. The van der Waals surface area contributed by atoms with Crippen molar-refractivity contribution in [3.63, 3.8) is 0 Å². The minimum atomic E-state index is 0.894. The van der Waals surface area contributed by atoms with Gasteiger partial charge in [-0.25, -0.2) is 0 Å². The number of rotatable bonds is 4. The third kappa shape index (κ3) is 3.73. The molecule has 0 bridgehead atoms. The van der Waals surface area contributed by atoms with E-state index in [1.165, 1.54) is 5.56 Å². The fourth-order valence-corrected chi connectivity index (χ4v) is 1.00.